The van der Waals surface area contributed by atoms with Crippen LogP contribution < -0.4 is 5.32 Å². The van der Waals surface area contributed by atoms with Crippen LogP contribution in [0.5, 0.6) is 0 Å². The Morgan fingerprint density at radius 1 is 1.26 bits per heavy atom. The van der Waals surface area contributed by atoms with Crippen molar-refractivity contribution in [3.8, 4) is 5.69 Å². The van der Waals surface area contributed by atoms with E-state index in [1.54, 1.807) is 0 Å². The fourth-order valence-corrected chi connectivity index (χ4v) is 2.09. The molecule has 1 atom stereocenters. The number of hydrogen-bond donors (Lipinski definition) is 1. The summed E-state index contributed by atoms with van der Waals surface area (Å²) in [7, 11) is 0. The molecule has 1 unspecified atom stereocenters. The van der Waals surface area contributed by atoms with Crippen LogP contribution in [0.3, 0.4) is 0 Å². The fraction of sp³-hybridized carbons (Fsp3) is 0.438. The second-order valence-corrected chi connectivity index (χ2v) is 5.02. The minimum Gasteiger partial charge on any atom is -0.314 e. The van der Waals surface area contributed by atoms with Crippen molar-refractivity contribution in [1.29, 1.82) is 0 Å². The van der Waals surface area contributed by atoms with Gasteiger partial charge >= 0.3 is 0 Å². The van der Waals surface area contributed by atoms with Gasteiger partial charge in [-0.2, -0.15) is 5.10 Å². The molecule has 0 fully saturated rings. The Morgan fingerprint density at radius 3 is 2.79 bits per heavy atom. The molecule has 3 heteroatoms. The van der Waals surface area contributed by atoms with Gasteiger partial charge in [0.15, 0.2) is 0 Å². The molecule has 0 saturated heterocycles. The van der Waals surface area contributed by atoms with Crippen molar-refractivity contribution in [1.82, 2.24) is 15.1 Å². The molecular weight excluding hydrogens is 234 g/mol. The molecule has 0 saturated carbocycles. The third-order valence-corrected chi connectivity index (χ3v) is 3.27. The van der Waals surface area contributed by atoms with Gasteiger partial charge in [-0.1, -0.05) is 25.1 Å². The predicted molar refractivity (Wildman–Crippen MR) is 79.6 cm³/mol. The maximum absolute atomic E-state index is 4.42. The summed E-state index contributed by atoms with van der Waals surface area (Å²) in [5.41, 5.74) is 2.42. The first-order valence-corrected chi connectivity index (χ1v) is 7.12. The second kappa shape index (κ2) is 7.10. The van der Waals surface area contributed by atoms with E-state index in [1.807, 2.05) is 29.1 Å². The van der Waals surface area contributed by atoms with E-state index in [-0.39, 0.29) is 0 Å². The van der Waals surface area contributed by atoms with Crippen LogP contribution in [0.4, 0.5) is 0 Å². The van der Waals surface area contributed by atoms with Crippen LogP contribution in [0.25, 0.3) is 5.69 Å². The average molecular weight is 257 g/mol. The normalized spacial score (nSPS) is 12.5. The number of aryl methyl sites for hydroxylation is 1. The number of aromatic nitrogens is 2. The number of rotatable bonds is 7. The van der Waals surface area contributed by atoms with Crippen LogP contribution in [-0.2, 0) is 6.42 Å². The lowest BCUT2D eigenvalue weighted by molar-refractivity contribution is 0.514. The molecule has 0 amide bonds. The minimum absolute atomic E-state index is 0.569. The standard InChI is InChI=1S/C16H23N3/c1-3-11-17-14(2)9-10-15-12-18-19(13-15)16-7-5-4-6-8-16/h4-8,12-14,17H,3,9-11H2,1-2H3. The molecule has 1 aromatic carbocycles. The van der Waals surface area contributed by atoms with Gasteiger partial charge in [0.25, 0.3) is 0 Å². The van der Waals surface area contributed by atoms with E-state index in [9.17, 15) is 0 Å². The predicted octanol–water partition coefficient (Wildman–Crippen LogP) is 3.19. The average Bonchev–Trinajstić information content (AvgIpc) is 2.93. The van der Waals surface area contributed by atoms with Gasteiger partial charge in [0, 0.05) is 12.2 Å². The van der Waals surface area contributed by atoms with Crippen molar-refractivity contribution >= 4 is 0 Å². The third-order valence-electron chi connectivity index (χ3n) is 3.27. The first kappa shape index (κ1) is 13.8. The highest BCUT2D eigenvalue weighted by Crippen LogP contribution is 2.09. The Morgan fingerprint density at radius 2 is 2.05 bits per heavy atom. The van der Waals surface area contributed by atoms with E-state index in [0.717, 1.165) is 25.1 Å². The SMILES string of the molecule is CCCNC(C)CCc1cnn(-c2ccccc2)c1. The number of nitrogens with one attached hydrogen (secondary N) is 1. The Bertz CT molecular complexity index is 476. The molecule has 0 bridgehead atoms. The molecule has 1 aromatic heterocycles. The van der Waals surface area contributed by atoms with Gasteiger partial charge in [0.1, 0.15) is 0 Å². The number of hydrogen-bond acceptors (Lipinski definition) is 2. The zero-order valence-corrected chi connectivity index (χ0v) is 11.8. The van der Waals surface area contributed by atoms with Gasteiger partial charge in [0.2, 0.25) is 0 Å². The molecule has 19 heavy (non-hydrogen) atoms. The zero-order chi connectivity index (χ0) is 13.5. The van der Waals surface area contributed by atoms with E-state index in [4.69, 9.17) is 0 Å². The van der Waals surface area contributed by atoms with E-state index in [1.165, 1.54) is 12.0 Å². The molecular formula is C16H23N3. The summed E-state index contributed by atoms with van der Waals surface area (Å²) >= 11 is 0. The highest BCUT2D eigenvalue weighted by molar-refractivity contribution is 5.30. The maximum Gasteiger partial charge on any atom is 0.0645 e. The molecule has 0 aliphatic heterocycles. The Labute approximate surface area is 115 Å². The number of nitrogens with zero attached hydrogens (tertiary/aromatic N) is 2. The lowest BCUT2D eigenvalue weighted by Crippen LogP contribution is -2.26. The first-order valence-electron chi connectivity index (χ1n) is 7.12. The van der Waals surface area contributed by atoms with Crippen molar-refractivity contribution in [2.24, 2.45) is 0 Å². The molecule has 0 aliphatic carbocycles. The van der Waals surface area contributed by atoms with Crippen LogP contribution in [-0.4, -0.2) is 22.4 Å². The van der Waals surface area contributed by atoms with E-state index in [0.29, 0.717) is 6.04 Å². The molecule has 1 N–H and O–H groups in total. The van der Waals surface area contributed by atoms with Crippen molar-refractivity contribution in [3.05, 3.63) is 48.3 Å². The number of para-hydroxylation sites is 1. The van der Waals surface area contributed by atoms with Crippen molar-refractivity contribution in [2.75, 3.05) is 6.54 Å². The van der Waals surface area contributed by atoms with Crippen LogP contribution in [0.1, 0.15) is 32.3 Å². The smallest absolute Gasteiger partial charge is 0.0645 e. The van der Waals surface area contributed by atoms with Gasteiger partial charge in [0.05, 0.1) is 11.9 Å². The van der Waals surface area contributed by atoms with Crippen molar-refractivity contribution < 1.29 is 0 Å². The van der Waals surface area contributed by atoms with Gasteiger partial charge in [-0.25, -0.2) is 4.68 Å². The van der Waals surface area contributed by atoms with Crippen LogP contribution in [0, 0.1) is 0 Å². The molecule has 0 radical (unpaired) electrons. The van der Waals surface area contributed by atoms with Crippen LogP contribution in [0.15, 0.2) is 42.7 Å². The van der Waals surface area contributed by atoms with Crippen molar-refractivity contribution in [3.63, 3.8) is 0 Å². The lowest BCUT2D eigenvalue weighted by Gasteiger charge is -2.11. The van der Waals surface area contributed by atoms with E-state index < -0.39 is 0 Å². The summed E-state index contributed by atoms with van der Waals surface area (Å²) in [6.45, 7) is 5.55. The van der Waals surface area contributed by atoms with Gasteiger partial charge in [-0.15, -0.1) is 0 Å². The lowest BCUT2D eigenvalue weighted by atomic mass is 10.1. The zero-order valence-electron chi connectivity index (χ0n) is 11.8. The Hall–Kier alpha value is -1.61. The second-order valence-electron chi connectivity index (χ2n) is 5.02. The maximum atomic E-state index is 4.42. The highest BCUT2D eigenvalue weighted by atomic mass is 15.3. The summed E-state index contributed by atoms with van der Waals surface area (Å²) in [5.74, 6) is 0. The fourth-order valence-electron chi connectivity index (χ4n) is 2.09. The van der Waals surface area contributed by atoms with Gasteiger partial charge < -0.3 is 5.32 Å². The molecule has 2 aromatic rings. The van der Waals surface area contributed by atoms with Gasteiger partial charge in [-0.05, 0) is 50.4 Å². The monoisotopic (exact) mass is 257 g/mol. The van der Waals surface area contributed by atoms with Gasteiger partial charge in [-0.3, -0.25) is 0 Å². The summed E-state index contributed by atoms with van der Waals surface area (Å²) < 4.78 is 1.94. The van der Waals surface area contributed by atoms with Crippen LogP contribution >= 0.6 is 0 Å². The summed E-state index contributed by atoms with van der Waals surface area (Å²) in [4.78, 5) is 0. The number of benzene rings is 1. The Balaban J connectivity index is 1.88. The molecule has 0 aliphatic rings. The summed E-state index contributed by atoms with van der Waals surface area (Å²) in [6.07, 6.45) is 7.52. The summed E-state index contributed by atoms with van der Waals surface area (Å²) in [5, 5.41) is 7.94. The molecule has 102 valence electrons. The first-order chi connectivity index (χ1) is 9.29. The van der Waals surface area contributed by atoms with Crippen molar-refractivity contribution in [2.45, 2.75) is 39.2 Å². The molecule has 0 spiro atoms. The Kier molecular flexibility index (Phi) is 5.16. The molecule has 1 heterocycles. The van der Waals surface area contributed by atoms with Crippen LogP contribution in [0.2, 0.25) is 0 Å². The molecule has 3 nitrogen and oxygen atoms in total. The highest BCUT2D eigenvalue weighted by Gasteiger charge is 2.04. The topological polar surface area (TPSA) is 29.9 Å². The quantitative estimate of drug-likeness (QED) is 0.825. The van der Waals surface area contributed by atoms with E-state index in [2.05, 4.69) is 42.6 Å². The van der Waals surface area contributed by atoms with E-state index >= 15 is 0 Å². The summed E-state index contributed by atoms with van der Waals surface area (Å²) in [6, 6.07) is 10.8. The third kappa shape index (κ3) is 4.21. The largest absolute Gasteiger partial charge is 0.314 e. The molecule has 2 rings (SSSR count). The minimum atomic E-state index is 0.569.